The van der Waals surface area contributed by atoms with Gasteiger partial charge in [-0.25, -0.2) is 4.98 Å². The molecule has 0 atom stereocenters. The topological polar surface area (TPSA) is 45.4 Å². The number of rotatable bonds is 4. The molecule has 2 rings (SSSR count). The first-order valence-corrected chi connectivity index (χ1v) is 7.64. The van der Waals surface area contributed by atoms with Crippen LogP contribution in [0.3, 0.4) is 0 Å². The van der Waals surface area contributed by atoms with Crippen molar-refractivity contribution in [2.24, 2.45) is 5.73 Å². The Morgan fingerprint density at radius 2 is 1.85 bits per heavy atom. The number of hydrogen-bond acceptors (Lipinski definition) is 4. The van der Waals surface area contributed by atoms with E-state index in [0.29, 0.717) is 0 Å². The minimum absolute atomic E-state index is 0.173. The molecule has 0 saturated carbocycles. The van der Waals surface area contributed by atoms with Gasteiger partial charge in [-0.1, -0.05) is 26.8 Å². The molecule has 1 aliphatic heterocycles. The van der Waals surface area contributed by atoms with Gasteiger partial charge in [-0.3, -0.25) is 4.90 Å². The van der Waals surface area contributed by atoms with E-state index in [4.69, 9.17) is 5.73 Å². The Balaban J connectivity index is 1.90. The maximum absolute atomic E-state index is 5.57. The highest BCUT2D eigenvalue weighted by atomic mass is 15.3. The Hall–Kier alpha value is -1.13. The van der Waals surface area contributed by atoms with Crippen LogP contribution in [-0.4, -0.2) is 49.2 Å². The minimum Gasteiger partial charge on any atom is -0.354 e. The largest absolute Gasteiger partial charge is 0.354 e. The van der Waals surface area contributed by atoms with Crippen molar-refractivity contribution in [1.82, 2.24) is 9.88 Å². The van der Waals surface area contributed by atoms with Crippen molar-refractivity contribution in [1.29, 1.82) is 0 Å². The van der Waals surface area contributed by atoms with Crippen LogP contribution >= 0.6 is 0 Å². The van der Waals surface area contributed by atoms with Crippen LogP contribution in [0.25, 0.3) is 0 Å². The lowest BCUT2D eigenvalue weighted by atomic mass is 9.88. The van der Waals surface area contributed by atoms with Crippen LogP contribution < -0.4 is 10.6 Å². The van der Waals surface area contributed by atoms with Crippen molar-refractivity contribution in [3.63, 3.8) is 0 Å². The molecule has 2 N–H and O–H groups in total. The van der Waals surface area contributed by atoms with E-state index < -0.39 is 0 Å². The predicted octanol–water partition coefficient (Wildman–Crippen LogP) is 1.85. The maximum Gasteiger partial charge on any atom is 0.128 e. The molecule has 1 saturated heterocycles. The van der Waals surface area contributed by atoms with Gasteiger partial charge in [0.05, 0.1) is 0 Å². The Morgan fingerprint density at radius 3 is 2.35 bits per heavy atom. The third-order valence-corrected chi connectivity index (χ3v) is 3.99. The summed E-state index contributed by atoms with van der Waals surface area (Å²) >= 11 is 0. The number of nitrogens with zero attached hydrogens (tertiary/aromatic N) is 3. The fraction of sp³-hybridized carbons (Fsp3) is 0.688. The van der Waals surface area contributed by atoms with E-state index in [2.05, 4.69) is 47.7 Å². The van der Waals surface area contributed by atoms with Gasteiger partial charge in [0.15, 0.2) is 0 Å². The molecular weight excluding hydrogens is 248 g/mol. The number of pyridine rings is 1. The number of piperazine rings is 1. The Kier molecular flexibility index (Phi) is 5.00. The highest BCUT2D eigenvalue weighted by Gasteiger charge is 2.19. The number of anilines is 1. The van der Waals surface area contributed by atoms with E-state index in [-0.39, 0.29) is 5.41 Å². The molecule has 1 fully saturated rings. The lowest BCUT2D eigenvalue weighted by Crippen LogP contribution is -2.47. The van der Waals surface area contributed by atoms with Gasteiger partial charge in [0.25, 0.3) is 0 Å². The fourth-order valence-corrected chi connectivity index (χ4v) is 2.53. The third kappa shape index (κ3) is 3.93. The molecule has 1 aliphatic rings. The van der Waals surface area contributed by atoms with Gasteiger partial charge >= 0.3 is 0 Å². The Morgan fingerprint density at radius 1 is 1.15 bits per heavy atom. The van der Waals surface area contributed by atoms with E-state index in [1.165, 1.54) is 5.56 Å². The molecule has 0 radical (unpaired) electrons. The van der Waals surface area contributed by atoms with Crippen LogP contribution in [0.15, 0.2) is 18.3 Å². The number of nitrogens with two attached hydrogens (primary N) is 1. The highest BCUT2D eigenvalue weighted by molar-refractivity contribution is 5.41. The molecule has 0 spiro atoms. The molecule has 1 aromatic heterocycles. The highest BCUT2D eigenvalue weighted by Crippen LogP contribution is 2.23. The molecule has 4 nitrogen and oxygen atoms in total. The molecule has 0 amide bonds. The SMILES string of the molecule is CC(C)(C)c1ccc(N2CCN(CCCN)CC2)nc1. The van der Waals surface area contributed by atoms with Gasteiger partial charge in [0, 0.05) is 32.4 Å². The fourth-order valence-electron chi connectivity index (χ4n) is 2.53. The molecule has 112 valence electrons. The normalized spacial score (nSPS) is 17.5. The molecule has 0 bridgehead atoms. The van der Waals surface area contributed by atoms with Gasteiger partial charge in [0.2, 0.25) is 0 Å². The summed E-state index contributed by atoms with van der Waals surface area (Å²) in [6.07, 6.45) is 3.12. The van der Waals surface area contributed by atoms with Crippen molar-refractivity contribution >= 4 is 5.82 Å². The third-order valence-electron chi connectivity index (χ3n) is 3.99. The monoisotopic (exact) mass is 276 g/mol. The van der Waals surface area contributed by atoms with Crippen LogP contribution in [-0.2, 0) is 5.41 Å². The summed E-state index contributed by atoms with van der Waals surface area (Å²) in [5.41, 5.74) is 7.03. The minimum atomic E-state index is 0.173. The second kappa shape index (κ2) is 6.55. The molecule has 4 heteroatoms. The lowest BCUT2D eigenvalue weighted by molar-refractivity contribution is 0.256. The summed E-state index contributed by atoms with van der Waals surface area (Å²) in [7, 11) is 0. The Bertz CT molecular complexity index is 399. The first-order chi connectivity index (χ1) is 9.50. The second-order valence-corrected chi connectivity index (χ2v) is 6.63. The molecule has 1 aromatic rings. The van der Waals surface area contributed by atoms with Gasteiger partial charge < -0.3 is 10.6 Å². The predicted molar refractivity (Wildman–Crippen MR) is 85.3 cm³/mol. The summed E-state index contributed by atoms with van der Waals surface area (Å²) < 4.78 is 0. The molecule has 0 aliphatic carbocycles. The standard InChI is InChI=1S/C16H28N4/c1-16(2,3)14-5-6-15(18-13-14)20-11-9-19(10-12-20)8-4-7-17/h5-6,13H,4,7-12,17H2,1-3H3. The average Bonchev–Trinajstić information content (AvgIpc) is 2.45. The molecule has 20 heavy (non-hydrogen) atoms. The van der Waals surface area contributed by atoms with Crippen molar-refractivity contribution in [3.05, 3.63) is 23.9 Å². The quantitative estimate of drug-likeness (QED) is 0.911. The van der Waals surface area contributed by atoms with E-state index >= 15 is 0 Å². The van der Waals surface area contributed by atoms with Crippen molar-refractivity contribution in [2.45, 2.75) is 32.6 Å². The van der Waals surface area contributed by atoms with Crippen molar-refractivity contribution < 1.29 is 0 Å². The zero-order valence-electron chi connectivity index (χ0n) is 13.1. The molecule has 0 aromatic carbocycles. The van der Waals surface area contributed by atoms with Crippen LogP contribution in [0, 0.1) is 0 Å². The zero-order chi connectivity index (χ0) is 14.6. The molecule has 2 heterocycles. The van der Waals surface area contributed by atoms with Crippen LogP contribution in [0.5, 0.6) is 0 Å². The van der Waals surface area contributed by atoms with Crippen LogP contribution in [0.4, 0.5) is 5.82 Å². The summed E-state index contributed by atoms with van der Waals surface area (Å²) in [5, 5.41) is 0. The number of aromatic nitrogens is 1. The summed E-state index contributed by atoms with van der Waals surface area (Å²) in [4.78, 5) is 9.52. The van der Waals surface area contributed by atoms with Gasteiger partial charge in [-0.05, 0) is 36.6 Å². The van der Waals surface area contributed by atoms with Crippen LogP contribution in [0.2, 0.25) is 0 Å². The van der Waals surface area contributed by atoms with Crippen molar-refractivity contribution in [3.8, 4) is 0 Å². The Labute approximate surface area is 123 Å². The van der Waals surface area contributed by atoms with Crippen LogP contribution in [0.1, 0.15) is 32.8 Å². The zero-order valence-corrected chi connectivity index (χ0v) is 13.1. The van der Waals surface area contributed by atoms with E-state index in [1.54, 1.807) is 0 Å². The van der Waals surface area contributed by atoms with Gasteiger partial charge in [-0.2, -0.15) is 0 Å². The van der Waals surface area contributed by atoms with E-state index in [1.807, 2.05) is 6.20 Å². The average molecular weight is 276 g/mol. The summed E-state index contributed by atoms with van der Waals surface area (Å²) in [6, 6.07) is 4.37. The smallest absolute Gasteiger partial charge is 0.128 e. The summed E-state index contributed by atoms with van der Waals surface area (Å²) in [5.74, 6) is 1.11. The lowest BCUT2D eigenvalue weighted by Gasteiger charge is -2.35. The first kappa shape index (κ1) is 15.3. The van der Waals surface area contributed by atoms with Crippen molar-refractivity contribution in [2.75, 3.05) is 44.2 Å². The van der Waals surface area contributed by atoms with Gasteiger partial charge in [0.1, 0.15) is 5.82 Å². The number of hydrogen-bond donors (Lipinski definition) is 1. The first-order valence-electron chi connectivity index (χ1n) is 7.64. The van der Waals surface area contributed by atoms with E-state index in [0.717, 1.165) is 51.5 Å². The maximum atomic E-state index is 5.57. The second-order valence-electron chi connectivity index (χ2n) is 6.63. The van der Waals surface area contributed by atoms with E-state index in [9.17, 15) is 0 Å². The summed E-state index contributed by atoms with van der Waals surface area (Å²) in [6.45, 7) is 12.9. The molecule has 0 unspecified atom stereocenters. The van der Waals surface area contributed by atoms with Gasteiger partial charge in [-0.15, -0.1) is 0 Å². The molecular formula is C16H28N4.